The van der Waals surface area contributed by atoms with Gasteiger partial charge in [0.05, 0.1) is 5.69 Å². The minimum absolute atomic E-state index is 0.145. The van der Waals surface area contributed by atoms with E-state index in [9.17, 15) is 4.39 Å². The Morgan fingerprint density at radius 1 is 1.41 bits per heavy atom. The summed E-state index contributed by atoms with van der Waals surface area (Å²) in [5, 5.41) is 3.30. The Morgan fingerprint density at radius 2 is 2.18 bits per heavy atom. The van der Waals surface area contributed by atoms with E-state index in [1.165, 1.54) is 0 Å². The van der Waals surface area contributed by atoms with Crippen molar-refractivity contribution in [3.63, 3.8) is 0 Å². The van der Waals surface area contributed by atoms with E-state index in [1.807, 2.05) is 19.1 Å². The first-order valence-electron chi connectivity index (χ1n) is 6.33. The molecule has 94 valence electrons. The van der Waals surface area contributed by atoms with Crippen molar-refractivity contribution in [1.29, 1.82) is 0 Å². The molecule has 3 heteroatoms. The third-order valence-electron chi connectivity index (χ3n) is 3.43. The lowest BCUT2D eigenvalue weighted by molar-refractivity contribution is 0.274. The topological polar surface area (TPSA) is 15.3 Å². The molecule has 2 nitrogen and oxygen atoms in total. The standard InChI is InChI=1S/C14H21FN2/c1-10(2)17-7-6-12(9-17)16-14-5-4-11(3)8-13(14)15/h4-5,8,10,12,16H,6-7,9H2,1-3H3. The van der Waals surface area contributed by atoms with Crippen molar-refractivity contribution in [2.75, 3.05) is 18.4 Å². The SMILES string of the molecule is Cc1ccc(NC2CCN(C(C)C)C2)c(F)c1. The van der Waals surface area contributed by atoms with Crippen LogP contribution in [0.15, 0.2) is 18.2 Å². The molecular weight excluding hydrogens is 215 g/mol. The van der Waals surface area contributed by atoms with Gasteiger partial charge in [-0.15, -0.1) is 0 Å². The van der Waals surface area contributed by atoms with E-state index in [1.54, 1.807) is 6.07 Å². The van der Waals surface area contributed by atoms with E-state index in [0.29, 0.717) is 17.8 Å². The Balaban J connectivity index is 1.98. The van der Waals surface area contributed by atoms with Gasteiger partial charge < -0.3 is 5.32 Å². The van der Waals surface area contributed by atoms with Gasteiger partial charge in [-0.05, 0) is 44.9 Å². The predicted molar refractivity (Wildman–Crippen MR) is 69.9 cm³/mol. The molecule has 1 aromatic carbocycles. The summed E-state index contributed by atoms with van der Waals surface area (Å²) in [6.07, 6.45) is 1.09. The first kappa shape index (κ1) is 12.4. The molecule has 0 radical (unpaired) electrons. The summed E-state index contributed by atoms with van der Waals surface area (Å²) in [5.74, 6) is -0.145. The van der Waals surface area contributed by atoms with E-state index >= 15 is 0 Å². The van der Waals surface area contributed by atoms with Crippen LogP contribution < -0.4 is 5.32 Å². The van der Waals surface area contributed by atoms with Crippen molar-refractivity contribution in [2.45, 2.75) is 39.3 Å². The normalized spacial score (nSPS) is 21.1. The highest BCUT2D eigenvalue weighted by molar-refractivity contribution is 5.47. The van der Waals surface area contributed by atoms with Crippen LogP contribution in [0.25, 0.3) is 0 Å². The number of nitrogens with zero attached hydrogens (tertiary/aromatic N) is 1. The molecule has 1 saturated heterocycles. The summed E-state index contributed by atoms with van der Waals surface area (Å²) in [6, 6.07) is 6.31. The highest BCUT2D eigenvalue weighted by Gasteiger charge is 2.24. The van der Waals surface area contributed by atoms with Gasteiger partial charge in [0, 0.05) is 25.2 Å². The van der Waals surface area contributed by atoms with Crippen LogP contribution in [0.5, 0.6) is 0 Å². The molecule has 0 bridgehead atoms. The fourth-order valence-corrected chi connectivity index (χ4v) is 2.33. The molecule has 1 fully saturated rings. The number of halogens is 1. The maximum Gasteiger partial charge on any atom is 0.146 e. The predicted octanol–water partition coefficient (Wildman–Crippen LogP) is 3.03. The van der Waals surface area contributed by atoms with Gasteiger partial charge in [0.2, 0.25) is 0 Å². The number of hydrogen-bond acceptors (Lipinski definition) is 2. The summed E-state index contributed by atoms with van der Waals surface area (Å²) in [7, 11) is 0. The Kier molecular flexibility index (Phi) is 3.67. The number of likely N-dealkylation sites (tertiary alicyclic amines) is 1. The molecule has 0 spiro atoms. The Hall–Kier alpha value is -1.09. The van der Waals surface area contributed by atoms with Crippen LogP contribution in [0.1, 0.15) is 25.8 Å². The van der Waals surface area contributed by atoms with Gasteiger partial charge in [0.1, 0.15) is 5.82 Å². The van der Waals surface area contributed by atoms with E-state index in [4.69, 9.17) is 0 Å². The minimum Gasteiger partial charge on any atom is -0.379 e. The molecule has 1 heterocycles. The number of aryl methyl sites for hydroxylation is 1. The van der Waals surface area contributed by atoms with Crippen molar-refractivity contribution in [3.8, 4) is 0 Å². The van der Waals surface area contributed by atoms with E-state index in [-0.39, 0.29) is 5.82 Å². The summed E-state index contributed by atoms with van der Waals surface area (Å²) >= 11 is 0. The molecule has 0 saturated carbocycles. The van der Waals surface area contributed by atoms with Crippen LogP contribution in [-0.2, 0) is 0 Å². The zero-order valence-electron chi connectivity index (χ0n) is 10.8. The van der Waals surface area contributed by atoms with E-state index in [2.05, 4.69) is 24.1 Å². The Bertz CT molecular complexity index is 390. The Labute approximate surface area is 103 Å². The second kappa shape index (κ2) is 5.05. The maximum absolute atomic E-state index is 13.7. The van der Waals surface area contributed by atoms with Gasteiger partial charge >= 0.3 is 0 Å². The van der Waals surface area contributed by atoms with Crippen molar-refractivity contribution in [1.82, 2.24) is 4.90 Å². The summed E-state index contributed by atoms with van der Waals surface area (Å²) in [6.45, 7) is 8.42. The summed E-state index contributed by atoms with van der Waals surface area (Å²) < 4.78 is 13.7. The maximum atomic E-state index is 13.7. The van der Waals surface area contributed by atoms with Crippen molar-refractivity contribution < 1.29 is 4.39 Å². The van der Waals surface area contributed by atoms with Gasteiger partial charge in [0.15, 0.2) is 0 Å². The third-order valence-corrected chi connectivity index (χ3v) is 3.43. The van der Waals surface area contributed by atoms with Crippen molar-refractivity contribution in [2.24, 2.45) is 0 Å². The van der Waals surface area contributed by atoms with Gasteiger partial charge in [-0.25, -0.2) is 4.39 Å². The summed E-state index contributed by atoms with van der Waals surface area (Å²) in [5.41, 5.74) is 1.59. The Morgan fingerprint density at radius 3 is 2.76 bits per heavy atom. The molecule has 1 aromatic rings. The first-order chi connectivity index (χ1) is 8.06. The van der Waals surface area contributed by atoms with Crippen LogP contribution in [0, 0.1) is 12.7 Å². The van der Waals surface area contributed by atoms with Crippen molar-refractivity contribution in [3.05, 3.63) is 29.6 Å². The van der Waals surface area contributed by atoms with Gasteiger partial charge in [-0.2, -0.15) is 0 Å². The lowest BCUT2D eigenvalue weighted by Crippen LogP contribution is -2.31. The molecule has 0 aliphatic carbocycles. The average molecular weight is 236 g/mol. The fourth-order valence-electron chi connectivity index (χ4n) is 2.33. The van der Waals surface area contributed by atoms with Crippen LogP contribution in [0.2, 0.25) is 0 Å². The highest BCUT2D eigenvalue weighted by atomic mass is 19.1. The van der Waals surface area contributed by atoms with Crippen LogP contribution in [0.3, 0.4) is 0 Å². The lowest BCUT2D eigenvalue weighted by Gasteiger charge is -2.21. The number of rotatable bonds is 3. The highest BCUT2D eigenvalue weighted by Crippen LogP contribution is 2.20. The molecule has 0 amide bonds. The van der Waals surface area contributed by atoms with Gasteiger partial charge in [-0.1, -0.05) is 6.07 Å². The fraction of sp³-hybridized carbons (Fsp3) is 0.571. The smallest absolute Gasteiger partial charge is 0.146 e. The first-order valence-corrected chi connectivity index (χ1v) is 6.33. The molecular formula is C14H21FN2. The molecule has 1 N–H and O–H groups in total. The van der Waals surface area contributed by atoms with Crippen LogP contribution in [0.4, 0.5) is 10.1 Å². The van der Waals surface area contributed by atoms with E-state index in [0.717, 1.165) is 25.1 Å². The molecule has 1 aliphatic rings. The lowest BCUT2D eigenvalue weighted by atomic mass is 10.2. The molecule has 0 aromatic heterocycles. The minimum atomic E-state index is -0.145. The number of benzene rings is 1. The van der Waals surface area contributed by atoms with Crippen molar-refractivity contribution >= 4 is 5.69 Å². The quantitative estimate of drug-likeness (QED) is 0.867. The molecule has 1 atom stereocenters. The monoisotopic (exact) mass is 236 g/mol. The second-order valence-electron chi connectivity index (χ2n) is 5.20. The zero-order chi connectivity index (χ0) is 12.4. The number of nitrogens with one attached hydrogen (secondary N) is 1. The molecule has 2 rings (SSSR count). The number of anilines is 1. The van der Waals surface area contributed by atoms with Gasteiger partial charge in [-0.3, -0.25) is 4.90 Å². The average Bonchev–Trinajstić information content (AvgIpc) is 2.71. The van der Waals surface area contributed by atoms with Gasteiger partial charge in [0.25, 0.3) is 0 Å². The molecule has 1 aliphatic heterocycles. The van der Waals surface area contributed by atoms with E-state index < -0.39 is 0 Å². The molecule has 1 unspecified atom stereocenters. The van der Waals surface area contributed by atoms with Crippen LogP contribution >= 0.6 is 0 Å². The summed E-state index contributed by atoms with van der Waals surface area (Å²) in [4.78, 5) is 2.42. The third kappa shape index (κ3) is 2.97. The largest absolute Gasteiger partial charge is 0.379 e. The zero-order valence-corrected chi connectivity index (χ0v) is 10.8. The molecule has 17 heavy (non-hydrogen) atoms. The van der Waals surface area contributed by atoms with Crippen LogP contribution in [-0.4, -0.2) is 30.1 Å². The number of hydrogen-bond donors (Lipinski definition) is 1. The second-order valence-corrected chi connectivity index (χ2v) is 5.20.